The number of piperidine rings is 2. The van der Waals surface area contributed by atoms with E-state index in [1.54, 1.807) is 4.90 Å². The van der Waals surface area contributed by atoms with Crippen molar-refractivity contribution in [1.29, 1.82) is 0 Å². The molecule has 0 bridgehead atoms. The van der Waals surface area contributed by atoms with Crippen LogP contribution >= 0.6 is 0 Å². The van der Waals surface area contributed by atoms with Crippen LogP contribution in [-0.4, -0.2) is 70.0 Å². The van der Waals surface area contributed by atoms with Crippen molar-refractivity contribution >= 4 is 12.2 Å². The highest BCUT2D eigenvalue weighted by Gasteiger charge is 2.33. The highest BCUT2D eigenvalue weighted by Crippen LogP contribution is 2.22. The molecule has 0 aliphatic carbocycles. The van der Waals surface area contributed by atoms with E-state index in [-0.39, 0.29) is 11.6 Å². The van der Waals surface area contributed by atoms with E-state index in [2.05, 4.69) is 5.32 Å². The summed E-state index contributed by atoms with van der Waals surface area (Å²) < 4.78 is 0. The summed E-state index contributed by atoms with van der Waals surface area (Å²) in [6.07, 6.45) is 3.52. The molecular weight excluding hydrogens is 298 g/mol. The Kier molecular flexibility index (Phi) is 7.61. The molecule has 0 aromatic carbocycles. The lowest BCUT2D eigenvalue weighted by atomic mass is 9.98. The number of amides is 2. The molecular formula is C16H31N3O4. The summed E-state index contributed by atoms with van der Waals surface area (Å²) in [5.74, 6) is 0. The maximum Gasteiger partial charge on any atom is 0.407 e. The zero-order valence-electron chi connectivity index (χ0n) is 14.5. The molecule has 0 aromatic rings. The van der Waals surface area contributed by atoms with Crippen molar-refractivity contribution in [2.24, 2.45) is 0 Å². The normalized spacial score (nSPS) is 19.5. The average Bonchev–Trinajstić information content (AvgIpc) is 2.48. The molecule has 2 heterocycles. The minimum Gasteiger partial charge on any atom is -0.465 e. The van der Waals surface area contributed by atoms with Gasteiger partial charge in [0.25, 0.3) is 0 Å². The zero-order chi connectivity index (χ0) is 17.5. The van der Waals surface area contributed by atoms with Crippen LogP contribution in [-0.2, 0) is 0 Å². The van der Waals surface area contributed by atoms with Gasteiger partial charge >= 0.3 is 12.2 Å². The molecule has 0 saturated carbocycles. The Morgan fingerprint density at radius 1 is 1.04 bits per heavy atom. The third-order valence-electron chi connectivity index (χ3n) is 4.23. The van der Waals surface area contributed by atoms with Gasteiger partial charge in [-0.25, -0.2) is 9.59 Å². The van der Waals surface area contributed by atoms with E-state index in [4.69, 9.17) is 10.2 Å². The Bertz CT molecular complexity index is 383. The van der Waals surface area contributed by atoms with E-state index in [1.165, 1.54) is 11.3 Å². The summed E-state index contributed by atoms with van der Waals surface area (Å²) in [4.78, 5) is 24.5. The lowest BCUT2D eigenvalue weighted by molar-refractivity contribution is 0.0594. The molecule has 3 N–H and O–H groups in total. The zero-order valence-corrected chi connectivity index (χ0v) is 14.5. The molecule has 2 fully saturated rings. The quantitative estimate of drug-likeness (QED) is 0.688. The molecule has 7 nitrogen and oxygen atoms in total. The fourth-order valence-corrected chi connectivity index (χ4v) is 3.14. The van der Waals surface area contributed by atoms with Gasteiger partial charge in [-0.2, -0.15) is 0 Å². The first-order chi connectivity index (χ1) is 10.7. The van der Waals surface area contributed by atoms with Crippen molar-refractivity contribution in [2.45, 2.75) is 64.5 Å². The van der Waals surface area contributed by atoms with E-state index >= 15 is 0 Å². The van der Waals surface area contributed by atoms with E-state index in [1.807, 2.05) is 20.8 Å². The number of nitrogens with one attached hydrogen (secondary N) is 1. The smallest absolute Gasteiger partial charge is 0.407 e. The van der Waals surface area contributed by atoms with Gasteiger partial charge in [0.05, 0.1) is 0 Å². The molecule has 0 aromatic heterocycles. The number of likely N-dealkylation sites (tertiary alicyclic amines) is 1. The fraction of sp³-hybridized carbons (Fsp3) is 0.875. The maximum absolute atomic E-state index is 11.2. The van der Waals surface area contributed by atoms with Crippen molar-refractivity contribution in [1.82, 2.24) is 15.1 Å². The standard InChI is InChI=1S/C10H20N2O2.C6H11NO2/c1-10(2,3)12(9(13)14)8-4-6-11-7-5-8;8-6(9)7-4-2-1-3-5-7/h8,11H,4-7H2,1-3H3,(H,13,14);1-5H2,(H,8,9). The van der Waals surface area contributed by atoms with Crippen LogP contribution < -0.4 is 5.32 Å². The molecule has 7 heteroatoms. The number of nitrogens with zero attached hydrogens (tertiary/aromatic N) is 2. The van der Waals surface area contributed by atoms with Gasteiger partial charge in [-0.1, -0.05) is 0 Å². The molecule has 2 saturated heterocycles. The predicted molar refractivity (Wildman–Crippen MR) is 89.0 cm³/mol. The van der Waals surface area contributed by atoms with Crippen molar-refractivity contribution in [2.75, 3.05) is 26.2 Å². The molecule has 0 radical (unpaired) electrons. The summed E-state index contributed by atoms with van der Waals surface area (Å²) in [6, 6.07) is 0.175. The SMILES string of the molecule is CC(C)(C)N(C(=O)O)C1CCNCC1.O=C(O)N1CCCCC1. The first-order valence-corrected chi connectivity index (χ1v) is 8.44. The van der Waals surface area contributed by atoms with Crippen LogP contribution in [0.4, 0.5) is 9.59 Å². The average molecular weight is 329 g/mol. The third-order valence-corrected chi connectivity index (χ3v) is 4.23. The largest absolute Gasteiger partial charge is 0.465 e. The highest BCUT2D eigenvalue weighted by atomic mass is 16.4. The third kappa shape index (κ3) is 6.64. The van der Waals surface area contributed by atoms with Crippen LogP contribution in [0, 0.1) is 0 Å². The summed E-state index contributed by atoms with van der Waals surface area (Å²) in [6.45, 7) is 9.15. The van der Waals surface area contributed by atoms with Crippen molar-refractivity contribution < 1.29 is 19.8 Å². The Morgan fingerprint density at radius 3 is 1.91 bits per heavy atom. The second kappa shape index (κ2) is 8.96. The number of rotatable bonds is 1. The predicted octanol–water partition coefficient (Wildman–Crippen LogP) is 2.67. The van der Waals surface area contributed by atoms with Crippen molar-refractivity contribution in [3.05, 3.63) is 0 Å². The van der Waals surface area contributed by atoms with Gasteiger partial charge < -0.3 is 25.3 Å². The van der Waals surface area contributed by atoms with Gasteiger partial charge in [-0.15, -0.1) is 0 Å². The lowest BCUT2D eigenvalue weighted by Gasteiger charge is -2.41. The number of carboxylic acid groups (broad SMARTS) is 2. The van der Waals surface area contributed by atoms with Gasteiger partial charge in [0.15, 0.2) is 0 Å². The molecule has 2 aliphatic rings. The summed E-state index contributed by atoms with van der Waals surface area (Å²) in [5, 5.41) is 20.9. The molecule has 2 aliphatic heterocycles. The number of hydrogen-bond donors (Lipinski definition) is 3. The molecule has 2 amide bonds. The second-order valence-electron chi connectivity index (χ2n) is 7.13. The van der Waals surface area contributed by atoms with Crippen LogP contribution in [0.3, 0.4) is 0 Å². The van der Waals surface area contributed by atoms with Crippen LogP contribution in [0.15, 0.2) is 0 Å². The van der Waals surface area contributed by atoms with E-state index in [0.717, 1.165) is 51.9 Å². The summed E-state index contributed by atoms with van der Waals surface area (Å²) in [7, 11) is 0. The molecule has 0 spiro atoms. The van der Waals surface area contributed by atoms with Crippen molar-refractivity contribution in [3.8, 4) is 0 Å². The minimum atomic E-state index is -0.801. The van der Waals surface area contributed by atoms with Crippen LogP contribution in [0.25, 0.3) is 0 Å². The van der Waals surface area contributed by atoms with E-state index in [0.29, 0.717) is 0 Å². The van der Waals surface area contributed by atoms with Crippen LogP contribution in [0.2, 0.25) is 0 Å². The molecule has 134 valence electrons. The molecule has 2 rings (SSSR count). The van der Waals surface area contributed by atoms with Gasteiger partial charge in [-0.05, 0) is 66.0 Å². The van der Waals surface area contributed by atoms with Crippen molar-refractivity contribution in [3.63, 3.8) is 0 Å². The van der Waals surface area contributed by atoms with Crippen LogP contribution in [0.5, 0.6) is 0 Å². The number of carbonyl (C=O) groups is 2. The summed E-state index contributed by atoms with van der Waals surface area (Å²) in [5.41, 5.74) is -0.298. The second-order valence-corrected chi connectivity index (χ2v) is 7.13. The Morgan fingerprint density at radius 2 is 1.57 bits per heavy atom. The molecule has 23 heavy (non-hydrogen) atoms. The minimum absolute atomic E-state index is 0.175. The number of hydrogen-bond acceptors (Lipinski definition) is 3. The fourth-order valence-electron chi connectivity index (χ4n) is 3.14. The molecule has 0 atom stereocenters. The maximum atomic E-state index is 11.2. The first kappa shape index (κ1) is 19.5. The van der Waals surface area contributed by atoms with Gasteiger partial charge in [0, 0.05) is 24.7 Å². The summed E-state index contributed by atoms with van der Waals surface area (Å²) >= 11 is 0. The first-order valence-electron chi connectivity index (χ1n) is 8.44. The lowest BCUT2D eigenvalue weighted by Crippen LogP contribution is -2.54. The Balaban J connectivity index is 0.000000253. The van der Waals surface area contributed by atoms with E-state index < -0.39 is 12.2 Å². The van der Waals surface area contributed by atoms with E-state index in [9.17, 15) is 9.59 Å². The van der Waals surface area contributed by atoms with Gasteiger partial charge in [0.2, 0.25) is 0 Å². The van der Waals surface area contributed by atoms with Gasteiger partial charge in [-0.3, -0.25) is 0 Å². The highest BCUT2D eigenvalue weighted by molar-refractivity contribution is 5.66. The Hall–Kier alpha value is -1.50. The Labute approximate surface area is 138 Å². The van der Waals surface area contributed by atoms with Crippen LogP contribution in [0.1, 0.15) is 52.9 Å². The van der Waals surface area contributed by atoms with Gasteiger partial charge in [0.1, 0.15) is 0 Å². The monoisotopic (exact) mass is 329 g/mol. The topological polar surface area (TPSA) is 93.1 Å². The molecule has 0 unspecified atom stereocenters.